The van der Waals surface area contributed by atoms with Crippen LogP contribution in [0.15, 0.2) is 54.9 Å². The molecule has 2 heterocycles. The molecule has 0 unspecified atom stereocenters. The Morgan fingerprint density at radius 1 is 1.24 bits per heavy atom. The highest BCUT2D eigenvalue weighted by atomic mass is 16.5. The summed E-state index contributed by atoms with van der Waals surface area (Å²) in [6.45, 7) is 0.400. The van der Waals surface area contributed by atoms with Crippen LogP contribution < -0.4 is 10.1 Å². The second-order valence-electron chi connectivity index (χ2n) is 4.59. The lowest BCUT2D eigenvalue weighted by molar-refractivity contribution is 0.0946. The molecule has 3 rings (SSSR count). The monoisotopic (exact) mass is 281 g/mol. The molecular formula is C16H15N3O2. The van der Waals surface area contributed by atoms with Crippen LogP contribution in [0.2, 0.25) is 0 Å². The molecule has 0 fully saturated rings. The van der Waals surface area contributed by atoms with E-state index in [-0.39, 0.29) is 5.91 Å². The minimum absolute atomic E-state index is 0.204. The van der Waals surface area contributed by atoms with Crippen LogP contribution in [0.5, 0.6) is 5.75 Å². The van der Waals surface area contributed by atoms with Gasteiger partial charge in [0, 0.05) is 24.5 Å². The summed E-state index contributed by atoms with van der Waals surface area (Å²) in [5.74, 6) is 0.553. The van der Waals surface area contributed by atoms with E-state index in [1.54, 1.807) is 13.3 Å². The zero-order chi connectivity index (χ0) is 14.7. The number of hydrogen-bond donors (Lipinski definition) is 1. The van der Waals surface area contributed by atoms with Gasteiger partial charge in [-0.1, -0.05) is 24.3 Å². The molecule has 0 atom stereocenters. The molecule has 0 bridgehead atoms. The summed E-state index contributed by atoms with van der Waals surface area (Å²) >= 11 is 0. The van der Waals surface area contributed by atoms with E-state index in [1.807, 2.05) is 53.1 Å². The van der Waals surface area contributed by atoms with Gasteiger partial charge in [-0.3, -0.25) is 4.79 Å². The number of carbonyl (C=O) groups excluding carboxylic acids is 1. The van der Waals surface area contributed by atoms with E-state index in [0.717, 1.165) is 17.0 Å². The van der Waals surface area contributed by atoms with Gasteiger partial charge in [0.05, 0.1) is 7.11 Å². The van der Waals surface area contributed by atoms with Crippen molar-refractivity contribution in [2.45, 2.75) is 6.54 Å². The normalized spacial score (nSPS) is 10.5. The first-order valence-corrected chi connectivity index (χ1v) is 6.62. The van der Waals surface area contributed by atoms with Gasteiger partial charge in [-0.05, 0) is 18.2 Å². The van der Waals surface area contributed by atoms with Crippen molar-refractivity contribution in [3.63, 3.8) is 0 Å². The van der Waals surface area contributed by atoms with Gasteiger partial charge >= 0.3 is 0 Å². The first kappa shape index (κ1) is 13.2. The number of carbonyl (C=O) groups is 1. The fourth-order valence-electron chi connectivity index (χ4n) is 2.16. The summed E-state index contributed by atoms with van der Waals surface area (Å²) in [5.41, 5.74) is 2.08. The largest absolute Gasteiger partial charge is 0.496 e. The third kappa shape index (κ3) is 2.72. The third-order valence-electron chi connectivity index (χ3n) is 3.23. The first-order valence-electron chi connectivity index (χ1n) is 6.62. The standard InChI is InChI=1S/C16H15N3O2/c1-21-14-7-3-2-6-12(14)10-17-16(20)13-11-19-9-5-4-8-15(19)18-13/h2-9,11H,10H2,1H3,(H,17,20). The van der Waals surface area contributed by atoms with Crippen molar-refractivity contribution in [2.24, 2.45) is 0 Å². The van der Waals surface area contributed by atoms with E-state index in [0.29, 0.717) is 12.2 Å². The molecule has 0 aliphatic heterocycles. The fourth-order valence-corrected chi connectivity index (χ4v) is 2.16. The number of benzene rings is 1. The number of nitrogens with zero attached hydrogens (tertiary/aromatic N) is 2. The highest BCUT2D eigenvalue weighted by molar-refractivity contribution is 5.92. The number of methoxy groups -OCH3 is 1. The summed E-state index contributed by atoms with van der Waals surface area (Å²) < 4.78 is 7.08. The summed E-state index contributed by atoms with van der Waals surface area (Å²) in [6, 6.07) is 13.2. The molecular weight excluding hydrogens is 266 g/mol. The molecule has 5 heteroatoms. The molecule has 0 spiro atoms. The van der Waals surface area contributed by atoms with Crippen LogP contribution in [0.25, 0.3) is 5.65 Å². The van der Waals surface area contributed by atoms with Crippen molar-refractivity contribution in [1.82, 2.24) is 14.7 Å². The first-order chi connectivity index (χ1) is 10.3. The maximum absolute atomic E-state index is 12.2. The van der Waals surface area contributed by atoms with Gasteiger partial charge in [0.15, 0.2) is 0 Å². The highest BCUT2D eigenvalue weighted by Crippen LogP contribution is 2.16. The predicted octanol–water partition coefficient (Wildman–Crippen LogP) is 2.27. The predicted molar refractivity (Wildman–Crippen MR) is 79.4 cm³/mol. The Labute approximate surface area is 122 Å². The van der Waals surface area contributed by atoms with Crippen LogP contribution in [0.1, 0.15) is 16.1 Å². The number of nitrogens with one attached hydrogen (secondary N) is 1. The van der Waals surface area contributed by atoms with Crippen LogP contribution in [-0.2, 0) is 6.54 Å². The number of pyridine rings is 1. The zero-order valence-corrected chi connectivity index (χ0v) is 11.6. The molecule has 2 aromatic heterocycles. The summed E-state index contributed by atoms with van der Waals surface area (Å²) in [7, 11) is 1.61. The number of aromatic nitrogens is 2. The van der Waals surface area contributed by atoms with E-state index in [4.69, 9.17) is 4.74 Å². The fraction of sp³-hybridized carbons (Fsp3) is 0.125. The van der Waals surface area contributed by atoms with Crippen LogP contribution in [0.3, 0.4) is 0 Å². The van der Waals surface area contributed by atoms with Gasteiger partial charge in [0.2, 0.25) is 0 Å². The second-order valence-corrected chi connectivity index (χ2v) is 4.59. The topological polar surface area (TPSA) is 55.6 Å². The summed E-state index contributed by atoms with van der Waals surface area (Å²) in [4.78, 5) is 16.4. The van der Waals surface area contributed by atoms with Gasteiger partial charge in [-0.25, -0.2) is 4.98 Å². The number of amides is 1. The number of hydrogen-bond acceptors (Lipinski definition) is 3. The lowest BCUT2D eigenvalue weighted by Crippen LogP contribution is -2.23. The van der Waals surface area contributed by atoms with Gasteiger partial charge < -0.3 is 14.5 Å². The Hall–Kier alpha value is -2.82. The molecule has 0 aliphatic carbocycles. The maximum Gasteiger partial charge on any atom is 0.271 e. The van der Waals surface area contributed by atoms with E-state index in [2.05, 4.69) is 10.3 Å². The van der Waals surface area contributed by atoms with Crippen LogP contribution in [-0.4, -0.2) is 22.4 Å². The molecule has 5 nitrogen and oxygen atoms in total. The Morgan fingerprint density at radius 3 is 2.86 bits per heavy atom. The van der Waals surface area contributed by atoms with Crippen molar-refractivity contribution in [3.05, 3.63) is 66.1 Å². The maximum atomic E-state index is 12.2. The molecule has 1 amide bonds. The number of para-hydroxylation sites is 1. The SMILES string of the molecule is COc1ccccc1CNC(=O)c1cn2ccccc2n1. The molecule has 106 valence electrons. The molecule has 0 aliphatic rings. The van der Waals surface area contributed by atoms with Crippen LogP contribution in [0, 0.1) is 0 Å². The zero-order valence-electron chi connectivity index (χ0n) is 11.6. The Kier molecular flexibility index (Phi) is 3.55. The molecule has 21 heavy (non-hydrogen) atoms. The molecule has 3 aromatic rings. The van der Waals surface area contributed by atoms with Crippen molar-refractivity contribution in [3.8, 4) is 5.75 Å². The average molecular weight is 281 g/mol. The highest BCUT2D eigenvalue weighted by Gasteiger charge is 2.11. The third-order valence-corrected chi connectivity index (χ3v) is 3.23. The average Bonchev–Trinajstić information content (AvgIpc) is 2.97. The summed E-state index contributed by atoms with van der Waals surface area (Å²) in [5, 5.41) is 2.86. The minimum atomic E-state index is -0.204. The number of imidazole rings is 1. The van der Waals surface area contributed by atoms with Crippen LogP contribution in [0.4, 0.5) is 0 Å². The Morgan fingerprint density at radius 2 is 2.05 bits per heavy atom. The molecule has 0 saturated carbocycles. The number of rotatable bonds is 4. The smallest absolute Gasteiger partial charge is 0.271 e. The Bertz CT molecular complexity index is 747. The minimum Gasteiger partial charge on any atom is -0.496 e. The van der Waals surface area contributed by atoms with E-state index >= 15 is 0 Å². The molecule has 1 aromatic carbocycles. The molecule has 0 radical (unpaired) electrons. The van der Waals surface area contributed by atoms with Crippen LogP contribution >= 0.6 is 0 Å². The lowest BCUT2D eigenvalue weighted by Gasteiger charge is -2.08. The van der Waals surface area contributed by atoms with Crippen molar-refractivity contribution in [1.29, 1.82) is 0 Å². The quantitative estimate of drug-likeness (QED) is 0.798. The second kappa shape index (κ2) is 5.66. The summed E-state index contributed by atoms with van der Waals surface area (Å²) in [6.07, 6.45) is 3.58. The number of ether oxygens (including phenoxy) is 1. The van der Waals surface area contributed by atoms with E-state index < -0.39 is 0 Å². The molecule has 1 N–H and O–H groups in total. The number of fused-ring (bicyclic) bond motifs is 1. The van der Waals surface area contributed by atoms with Crippen molar-refractivity contribution in [2.75, 3.05) is 7.11 Å². The Balaban J connectivity index is 1.74. The van der Waals surface area contributed by atoms with Gasteiger partial charge in [0.1, 0.15) is 17.1 Å². The van der Waals surface area contributed by atoms with E-state index in [1.165, 1.54) is 0 Å². The van der Waals surface area contributed by atoms with Crippen molar-refractivity contribution < 1.29 is 9.53 Å². The van der Waals surface area contributed by atoms with E-state index in [9.17, 15) is 4.79 Å². The van der Waals surface area contributed by atoms with Gasteiger partial charge in [-0.15, -0.1) is 0 Å². The molecule has 0 saturated heterocycles. The van der Waals surface area contributed by atoms with Gasteiger partial charge in [-0.2, -0.15) is 0 Å². The van der Waals surface area contributed by atoms with Gasteiger partial charge in [0.25, 0.3) is 5.91 Å². The lowest BCUT2D eigenvalue weighted by atomic mass is 10.2. The van der Waals surface area contributed by atoms with Crippen molar-refractivity contribution >= 4 is 11.6 Å².